The van der Waals surface area contributed by atoms with Gasteiger partial charge in [-0.2, -0.15) is 0 Å². The molecule has 1 unspecified atom stereocenters. The van der Waals surface area contributed by atoms with Crippen molar-refractivity contribution in [1.82, 2.24) is 4.98 Å². The molecule has 0 N–H and O–H groups in total. The van der Waals surface area contributed by atoms with Gasteiger partial charge in [0.15, 0.2) is 5.76 Å². The lowest BCUT2D eigenvalue weighted by molar-refractivity contribution is -0.135. The van der Waals surface area contributed by atoms with Crippen LogP contribution in [0.25, 0.3) is 6.08 Å². The maximum atomic E-state index is 12.8. The highest BCUT2D eigenvalue weighted by molar-refractivity contribution is 6.15. The van der Waals surface area contributed by atoms with E-state index in [1.807, 2.05) is 12.1 Å². The first kappa shape index (κ1) is 15.6. The summed E-state index contributed by atoms with van der Waals surface area (Å²) < 4.78 is 16.6. The van der Waals surface area contributed by atoms with Crippen LogP contribution in [0.4, 0.5) is 0 Å². The first-order chi connectivity index (χ1) is 13.2. The van der Waals surface area contributed by atoms with Crippen LogP contribution >= 0.6 is 0 Å². The predicted molar refractivity (Wildman–Crippen MR) is 94.4 cm³/mol. The normalized spacial score (nSPS) is 19.4. The third-order valence-electron chi connectivity index (χ3n) is 4.68. The number of nitrogens with zero attached hydrogens (tertiary/aromatic N) is 1. The Morgan fingerprint density at radius 1 is 1.07 bits per heavy atom. The fourth-order valence-corrected chi connectivity index (χ4v) is 3.48. The van der Waals surface area contributed by atoms with Gasteiger partial charge in [-0.25, -0.2) is 0 Å². The molecule has 0 saturated carbocycles. The third kappa shape index (κ3) is 2.54. The van der Waals surface area contributed by atoms with Gasteiger partial charge in [0, 0.05) is 30.0 Å². The number of benzene rings is 1. The SMILES string of the molecule is O=C1CC(c2cccnc2)c2c(ccc3c2OC(=Cc2ccco2)C3=O)O1. The van der Waals surface area contributed by atoms with E-state index in [0.29, 0.717) is 28.4 Å². The van der Waals surface area contributed by atoms with Crippen molar-refractivity contribution < 1.29 is 23.5 Å². The molecule has 0 bridgehead atoms. The molecule has 0 radical (unpaired) electrons. The fourth-order valence-electron chi connectivity index (χ4n) is 3.48. The van der Waals surface area contributed by atoms with Crippen LogP contribution < -0.4 is 9.47 Å². The minimum absolute atomic E-state index is 0.157. The van der Waals surface area contributed by atoms with Crippen LogP contribution in [-0.2, 0) is 4.79 Å². The summed E-state index contributed by atoms with van der Waals surface area (Å²) in [5, 5.41) is 0. The largest absolute Gasteiger partial charge is 0.465 e. The Bertz CT molecular complexity index is 1080. The smallest absolute Gasteiger partial charge is 0.312 e. The average Bonchev–Trinajstić information content (AvgIpc) is 3.30. The number of allylic oxidation sites excluding steroid dienone is 1. The Morgan fingerprint density at radius 3 is 2.78 bits per heavy atom. The number of carbonyl (C=O) groups excluding carboxylic acids is 2. The van der Waals surface area contributed by atoms with Crippen molar-refractivity contribution in [1.29, 1.82) is 0 Å². The van der Waals surface area contributed by atoms with Crippen LogP contribution in [0.1, 0.15) is 39.6 Å². The number of pyridine rings is 1. The Morgan fingerprint density at radius 2 is 2.00 bits per heavy atom. The van der Waals surface area contributed by atoms with Gasteiger partial charge in [-0.15, -0.1) is 0 Å². The number of ether oxygens (including phenoxy) is 2. The van der Waals surface area contributed by atoms with Gasteiger partial charge in [0.25, 0.3) is 0 Å². The second kappa shape index (κ2) is 5.95. The van der Waals surface area contributed by atoms with E-state index in [1.54, 1.807) is 42.7 Å². The molecule has 1 aromatic carbocycles. The number of carbonyl (C=O) groups is 2. The minimum atomic E-state index is -0.327. The highest BCUT2D eigenvalue weighted by Gasteiger charge is 2.38. The predicted octanol–water partition coefficient (Wildman–Crippen LogP) is 3.73. The molecule has 6 heteroatoms. The van der Waals surface area contributed by atoms with Gasteiger partial charge < -0.3 is 13.9 Å². The van der Waals surface area contributed by atoms with E-state index in [2.05, 4.69) is 4.98 Å². The van der Waals surface area contributed by atoms with Crippen LogP contribution in [0, 0.1) is 0 Å². The fraction of sp³-hybridized carbons (Fsp3) is 0.0952. The monoisotopic (exact) mass is 359 g/mol. The summed E-state index contributed by atoms with van der Waals surface area (Å²) in [4.78, 5) is 29.0. The Balaban J connectivity index is 1.65. The quantitative estimate of drug-likeness (QED) is 0.394. The topological polar surface area (TPSA) is 78.6 Å². The van der Waals surface area contributed by atoms with Gasteiger partial charge in [-0.3, -0.25) is 14.6 Å². The standard InChI is InChI=1S/C21H13NO5/c23-18-10-15(12-3-1-7-22-11-12)19-16(26-18)6-5-14-20(24)17(27-21(14)19)9-13-4-2-8-25-13/h1-9,11,15H,10H2. The summed E-state index contributed by atoms with van der Waals surface area (Å²) in [6.45, 7) is 0. The maximum absolute atomic E-state index is 12.8. The molecular formula is C21H13NO5. The van der Waals surface area contributed by atoms with E-state index in [1.165, 1.54) is 6.26 Å². The highest BCUT2D eigenvalue weighted by Crippen LogP contribution is 2.48. The second-order valence-corrected chi connectivity index (χ2v) is 6.33. The summed E-state index contributed by atoms with van der Waals surface area (Å²) in [6, 6.07) is 10.5. The number of furan rings is 1. The van der Waals surface area contributed by atoms with E-state index in [-0.39, 0.29) is 29.9 Å². The Hall–Kier alpha value is -3.67. The lowest BCUT2D eigenvalue weighted by Gasteiger charge is -2.26. The van der Waals surface area contributed by atoms with Crippen molar-refractivity contribution in [3.05, 3.63) is 83.3 Å². The Labute approximate surface area is 154 Å². The molecule has 5 rings (SSSR count). The first-order valence-corrected chi connectivity index (χ1v) is 8.46. The molecule has 0 spiro atoms. The van der Waals surface area contributed by atoms with Gasteiger partial charge >= 0.3 is 5.97 Å². The van der Waals surface area contributed by atoms with Crippen molar-refractivity contribution >= 4 is 17.8 Å². The van der Waals surface area contributed by atoms with E-state index < -0.39 is 0 Å². The molecule has 2 aliphatic rings. The number of Topliss-reactive ketones (excluding diaryl/α,β-unsaturated/α-hetero) is 1. The van der Waals surface area contributed by atoms with Crippen LogP contribution in [0.15, 0.2) is 65.2 Å². The molecule has 1 atom stereocenters. The zero-order valence-electron chi connectivity index (χ0n) is 14.0. The summed E-state index contributed by atoms with van der Waals surface area (Å²) in [7, 11) is 0. The lowest BCUT2D eigenvalue weighted by Crippen LogP contribution is -2.21. The number of ketones is 1. The highest BCUT2D eigenvalue weighted by atomic mass is 16.5. The molecule has 2 aromatic heterocycles. The molecule has 132 valence electrons. The van der Waals surface area contributed by atoms with E-state index in [9.17, 15) is 9.59 Å². The third-order valence-corrected chi connectivity index (χ3v) is 4.68. The Kier molecular flexibility index (Phi) is 3.43. The second-order valence-electron chi connectivity index (χ2n) is 6.33. The van der Waals surface area contributed by atoms with Crippen molar-refractivity contribution in [3.8, 4) is 11.5 Å². The number of fused-ring (bicyclic) bond motifs is 3. The molecule has 2 aliphatic heterocycles. The number of hydrogen-bond acceptors (Lipinski definition) is 6. The van der Waals surface area contributed by atoms with Gasteiger partial charge in [-0.1, -0.05) is 6.07 Å². The van der Waals surface area contributed by atoms with Crippen LogP contribution in [0.3, 0.4) is 0 Å². The zero-order valence-corrected chi connectivity index (χ0v) is 14.0. The first-order valence-electron chi connectivity index (χ1n) is 8.46. The molecule has 4 heterocycles. The molecule has 0 fully saturated rings. The molecular weight excluding hydrogens is 346 g/mol. The molecule has 27 heavy (non-hydrogen) atoms. The molecule has 3 aromatic rings. The number of rotatable bonds is 2. The van der Waals surface area contributed by atoms with E-state index in [4.69, 9.17) is 13.9 Å². The number of hydrogen-bond donors (Lipinski definition) is 0. The number of aromatic nitrogens is 1. The van der Waals surface area contributed by atoms with Crippen molar-refractivity contribution in [2.45, 2.75) is 12.3 Å². The van der Waals surface area contributed by atoms with Crippen molar-refractivity contribution in [2.24, 2.45) is 0 Å². The van der Waals surface area contributed by atoms with Gasteiger partial charge in [-0.05, 0) is 35.9 Å². The summed E-state index contributed by atoms with van der Waals surface area (Å²) in [5.74, 6) is 0.687. The maximum Gasteiger partial charge on any atom is 0.312 e. The zero-order chi connectivity index (χ0) is 18.4. The molecule has 6 nitrogen and oxygen atoms in total. The summed E-state index contributed by atoms with van der Waals surface area (Å²) >= 11 is 0. The lowest BCUT2D eigenvalue weighted by atomic mass is 9.85. The van der Waals surface area contributed by atoms with Gasteiger partial charge in [0.2, 0.25) is 5.78 Å². The summed E-state index contributed by atoms with van der Waals surface area (Å²) in [5.41, 5.74) is 2.00. The van der Waals surface area contributed by atoms with Crippen LogP contribution in [0.2, 0.25) is 0 Å². The van der Waals surface area contributed by atoms with E-state index >= 15 is 0 Å². The van der Waals surface area contributed by atoms with Crippen LogP contribution in [0.5, 0.6) is 11.5 Å². The molecule has 0 aliphatic carbocycles. The van der Waals surface area contributed by atoms with Crippen molar-refractivity contribution in [3.63, 3.8) is 0 Å². The minimum Gasteiger partial charge on any atom is -0.465 e. The molecule has 0 amide bonds. The van der Waals surface area contributed by atoms with E-state index in [0.717, 1.165) is 5.56 Å². The van der Waals surface area contributed by atoms with Gasteiger partial charge in [0.05, 0.1) is 18.2 Å². The van der Waals surface area contributed by atoms with Crippen molar-refractivity contribution in [2.75, 3.05) is 0 Å². The summed E-state index contributed by atoms with van der Waals surface area (Å²) in [6.07, 6.45) is 6.62. The van der Waals surface area contributed by atoms with Crippen LogP contribution in [-0.4, -0.2) is 16.7 Å². The van der Waals surface area contributed by atoms with Gasteiger partial charge in [0.1, 0.15) is 17.3 Å². The average molecular weight is 359 g/mol. The molecule has 0 saturated heterocycles. The number of esters is 1.